The van der Waals surface area contributed by atoms with Crippen molar-refractivity contribution in [2.24, 2.45) is 0 Å². The van der Waals surface area contributed by atoms with Crippen molar-refractivity contribution in [2.75, 3.05) is 0 Å². The van der Waals surface area contributed by atoms with E-state index < -0.39 is 0 Å². The Kier molecular flexibility index (Phi) is 9.98. The molecule has 0 heterocycles. The van der Waals surface area contributed by atoms with Gasteiger partial charge in [-0.05, 0) is 64.7 Å². The summed E-state index contributed by atoms with van der Waals surface area (Å²) in [6.07, 6.45) is 22.4. The van der Waals surface area contributed by atoms with Crippen LogP contribution in [0.1, 0.15) is 6.92 Å². The molecule has 2 fully saturated rings. The molecule has 0 bridgehead atoms. The second-order valence-corrected chi connectivity index (χ2v) is 2.68. The molecule has 2 aliphatic rings. The minimum Gasteiger partial charge on any atom is -0.0911 e. The quantitative estimate of drug-likeness (QED) is 0.603. The van der Waals surface area contributed by atoms with Crippen LogP contribution in [0.15, 0.2) is 12.2 Å². The molecule has 2 aliphatic carbocycles. The fourth-order valence-corrected chi connectivity index (χ4v) is 1.01. The fourth-order valence-electron chi connectivity index (χ4n) is 1.01. The Bertz CT molecular complexity index is 123. The van der Waals surface area contributed by atoms with E-state index in [2.05, 4.69) is 18.9 Å². The maximum Gasteiger partial charge on any atom is 2.00 e. The first-order chi connectivity index (χ1) is 6.43. The van der Waals surface area contributed by atoms with Crippen molar-refractivity contribution in [3.63, 3.8) is 0 Å². The van der Waals surface area contributed by atoms with Crippen LogP contribution in [0.25, 0.3) is 0 Å². The van der Waals surface area contributed by atoms with Gasteiger partial charge in [0.2, 0.25) is 0 Å². The molecule has 14 heavy (non-hydrogen) atoms. The molecule has 72 valence electrons. The minimum absolute atomic E-state index is 0. The van der Waals surface area contributed by atoms with Crippen LogP contribution in [0.4, 0.5) is 0 Å². The molecule has 0 aromatic heterocycles. The van der Waals surface area contributed by atoms with Crippen molar-refractivity contribution >= 4 is 0 Å². The second-order valence-electron chi connectivity index (χ2n) is 2.68. The largest absolute Gasteiger partial charge is 2.00 e. The molecule has 0 aromatic carbocycles. The van der Waals surface area contributed by atoms with E-state index in [1.807, 2.05) is 57.9 Å². The van der Waals surface area contributed by atoms with Gasteiger partial charge in [-0.1, -0.05) is 12.2 Å². The average molecular weight is 226 g/mol. The topological polar surface area (TPSA) is 0 Å². The second kappa shape index (κ2) is 9.80. The summed E-state index contributed by atoms with van der Waals surface area (Å²) >= 11 is 0. The van der Waals surface area contributed by atoms with Crippen LogP contribution in [0.2, 0.25) is 0 Å². The van der Waals surface area contributed by atoms with Gasteiger partial charge < -0.3 is 0 Å². The first-order valence-electron chi connectivity index (χ1n) is 4.44. The Balaban J connectivity index is 0.000000246. The van der Waals surface area contributed by atoms with Crippen LogP contribution >= 0.6 is 0 Å². The number of hydrogen-bond acceptors (Lipinski definition) is 0. The van der Waals surface area contributed by atoms with E-state index >= 15 is 0 Å². The molecular formula is C13H14Fe+2. The number of rotatable bonds is 1. The number of hydrogen-bond donors (Lipinski definition) is 0. The van der Waals surface area contributed by atoms with Gasteiger partial charge >= 0.3 is 17.1 Å². The van der Waals surface area contributed by atoms with Crippen molar-refractivity contribution in [2.45, 2.75) is 6.92 Å². The van der Waals surface area contributed by atoms with Crippen LogP contribution in [-0.4, -0.2) is 0 Å². The molecule has 0 spiro atoms. The molecule has 1 heteroatoms. The van der Waals surface area contributed by atoms with Crippen LogP contribution in [0.3, 0.4) is 0 Å². The zero-order valence-corrected chi connectivity index (χ0v) is 9.31. The molecule has 0 nitrogen and oxygen atoms in total. The molecule has 0 aromatic rings. The summed E-state index contributed by atoms with van der Waals surface area (Å²) in [5.74, 6) is 1.28. The summed E-state index contributed by atoms with van der Waals surface area (Å²) in [6.45, 7) is 2.02. The molecule has 10 radical (unpaired) electrons. The van der Waals surface area contributed by atoms with Crippen molar-refractivity contribution in [3.05, 3.63) is 75.9 Å². The van der Waals surface area contributed by atoms with Crippen molar-refractivity contribution in [1.29, 1.82) is 0 Å². The van der Waals surface area contributed by atoms with E-state index in [0.717, 1.165) is 0 Å². The van der Waals surface area contributed by atoms with Gasteiger partial charge in [0.15, 0.2) is 0 Å². The molecular weight excluding hydrogens is 212 g/mol. The Morgan fingerprint density at radius 3 is 1.57 bits per heavy atom. The van der Waals surface area contributed by atoms with E-state index in [-0.39, 0.29) is 17.1 Å². The predicted octanol–water partition coefficient (Wildman–Crippen LogP) is 2.99. The van der Waals surface area contributed by atoms with Crippen LogP contribution in [0, 0.1) is 63.7 Å². The molecule has 0 atom stereocenters. The molecule has 2 rings (SSSR count). The van der Waals surface area contributed by atoms with E-state index in [0.29, 0.717) is 0 Å². The smallest absolute Gasteiger partial charge is 0.0911 e. The van der Waals surface area contributed by atoms with E-state index in [9.17, 15) is 0 Å². The summed E-state index contributed by atoms with van der Waals surface area (Å²) in [5, 5.41) is 0. The Morgan fingerprint density at radius 1 is 0.786 bits per heavy atom. The van der Waals surface area contributed by atoms with Crippen LogP contribution in [0.5, 0.6) is 0 Å². The molecule has 0 unspecified atom stereocenters. The van der Waals surface area contributed by atoms with E-state index in [1.165, 1.54) is 5.92 Å². The molecule has 0 amide bonds. The first-order valence-corrected chi connectivity index (χ1v) is 4.44. The third-order valence-corrected chi connectivity index (χ3v) is 1.60. The Labute approximate surface area is 100 Å². The normalized spacial score (nSPS) is 21.8. The number of allylic oxidation sites excluding steroid dienone is 2. The Morgan fingerprint density at radius 2 is 1.21 bits per heavy atom. The van der Waals surface area contributed by atoms with Crippen molar-refractivity contribution in [1.82, 2.24) is 0 Å². The minimum atomic E-state index is 0. The van der Waals surface area contributed by atoms with Crippen LogP contribution in [-0.2, 0) is 17.1 Å². The standard InChI is InChI=1S/C8H9.C5H5.Fe/c1-2-5-8-6-3-4-7-8;1-2-4-5-3-1;/h2-7H,1H3;1-5H;/q;;+2/b5-2+;;. The summed E-state index contributed by atoms with van der Waals surface area (Å²) in [7, 11) is 0. The van der Waals surface area contributed by atoms with Gasteiger partial charge in [0.1, 0.15) is 0 Å². The van der Waals surface area contributed by atoms with Gasteiger partial charge in [0, 0.05) is 5.92 Å². The van der Waals surface area contributed by atoms with Gasteiger partial charge in [-0.3, -0.25) is 0 Å². The molecule has 0 saturated heterocycles. The summed E-state index contributed by atoms with van der Waals surface area (Å²) < 4.78 is 0. The third kappa shape index (κ3) is 6.67. The van der Waals surface area contributed by atoms with Crippen molar-refractivity contribution < 1.29 is 17.1 Å². The van der Waals surface area contributed by atoms with Gasteiger partial charge in [0.05, 0.1) is 0 Å². The zero-order valence-electron chi connectivity index (χ0n) is 8.20. The summed E-state index contributed by atoms with van der Waals surface area (Å²) in [6, 6.07) is 0. The third-order valence-electron chi connectivity index (χ3n) is 1.60. The van der Waals surface area contributed by atoms with Gasteiger partial charge in [0.25, 0.3) is 0 Å². The van der Waals surface area contributed by atoms with Gasteiger partial charge in [-0.15, -0.1) is 0 Å². The summed E-state index contributed by atoms with van der Waals surface area (Å²) in [5.41, 5.74) is 0. The molecule has 2 saturated carbocycles. The zero-order chi connectivity index (χ0) is 9.36. The fraction of sp³-hybridized carbons (Fsp3) is 0.0769. The SMILES string of the molecule is C/C=C/[C]1[CH][CH][CH][CH]1.[CH]1[CH][CH][CH][CH]1.[Fe+2]. The van der Waals surface area contributed by atoms with E-state index in [1.54, 1.807) is 0 Å². The monoisotopic (exact) mass is 226 g/mol. The first kappa shape index (κ1) is 14.3. The van der Waals surface area contributed by atoms with E-state index in [4.69, 9.17) is 0 Å². The van der Waals surface area contributed by atoms with Gasteiger partial charge in [-0.25, -0.2) is 0 Å². The van der Waals surface area contributed by atoms with Crippen LogP contribution < -0.4 is 0 Å². The predicted molar refractivity (Wildman–Crippen MR) is 56.8 cm³/mol. The maximum atomic E-state index is 2.08. The maximum absolute atomic E-state index is 2.08. The average Bonchev–Trinajstić information content (AvgIpc) is 2.79. The van der Waals surface area contributed by atoms with Gasteiger partial charge in [-0.2, -0.15) is 0 Å². The Hall–Kier alpha value is 0.259. The molecule has 0 aliphatic heterocycles. The van der Waals surface area contributed by atoms with Crippen molar-refractivity contribution in [3.8, 4) is 0 Å². The summed E-state index contributed by atoms with van der Waals surface area (Å²) in [4.78, 5) is 0. The molecule has 0 N–H and O–H groups in total.